The summed E-state index contributed by atoms with van der Waals surface area (Å²) in [6.07, 6.45) is 7.37. The molecule has 0 amide bonds. The zero-order chi connectivity index (χ0) is 10.9. The maximum atomic E-state index is 5.81. The third-order valence-electron chi connectivity index (χ3n) is 1.96. The summed E-state index contributed by atoms with van der Waals surface area (Å²) >= 11 is 21.0. The number of hydrogen-bond donors (Lipinski definition) is 0. The Balaban J connectivity index is 3.89. The molecular weight excluding hydrogens is 324 g/mol. The summed E-state index contributed by atoms with van der Waals surface area (Å²) in [6.45, 7) is -1.07. The van der Waals surface area contributed by atoms with E-state index in [0.29, 0.717) is 0 Å². The first-order valence-electron chi connectivity index (χ1n) is 4.56. The van der Waals surface area contributed by atoms with Crippen molar-refractivity contribution in [2.75, 3.05) is 37.0 Å². The summed E-state index contributed by atoms with van der Waals surface area (Å²) in [4.78, 5) is 0. The van der Waals surface area contributed by atoms with Crippen LogP contribution in [-0.4, -0.2) is 37.0 Å². The molecule has 0 bridgehead atoms. The molecule has 0 aromatic carbocycles. The lowest BCUT2D eigenvalue weighted by atomic mass is 10.9. The summed E-state index contributed by atoms with van der Waals surface area (Å²) in [5.41, 5.74) is 0. The van der Waals surface area contributed by atoms with Gasteiger partial charge in [0.25, 0.3) is 0 Å². The van der Waals surface area contributed by atoms with E-state index >= 15 is 0 Å². The summed E-state index contributed by atoms with van der Waals surface area (Å²) in [6, 6.07) is 0. The van der Waals surface area contributed by atoms with Crippen molar-refractivity contribution in [2.24, 2.45) is 0 Å². The van der Waals surface area contributed by atoms with Crippen molar-refractivity contribution in [1.29, 1.82) is 0 Å². The lowest BCUT2D eigenvalue weighted by Gasteiger charge is -2.31. The molecule has 0 heterocycles. The molecule has 0 N–H and O–H groups in total. The van der Waals surface area contributed by atoms with Gasteiger partial charge in [-0.3, -0.25) is 0 Å². The number of rotatable bonds is 9. The maximum absolute atomic E-state index is 5.81. The fourth-order valence-electron chi connectivity index (χ4n) is 1.20. The van der Waals surface area contributed by atoms with Gasteiger partial charge in [0.2, 0.25) is 0 Å². The first-order chi connectivity index (χ1) is 6.68. The topological polar surface area (TPSA) is 0 Å². The SMILES string of the molecule is [S-][PH2+]CC[P+]([S-])(CC[PH2+][S-])CC[PH2+][S-]. The molecule has 0 spiro atoms. The van der Waals surface area contributed by atoms with Crippen LogP contribution in [0.25, 0.3) is 0 Å². The highest BCUT2D eigenvalue weighted by Crippen LogP contribution is 2.57. The molecular formula is C6H18P4S4. The van der Waals surface area contributed by atoms with Crippen LogP contribution in [-0.2, 0) is 49.0 Å². The largest absolute Gasteiger partial charge is 0.561 e. The van der Waals surface area contributed by atoms with Crippen molar-refractivity contribution in [1.82, 2.24) is 0 Å². The van der Waals surface area contributed by atoms with Crippen LogP contribution in [0.5, 0.6) is 0 Å². The van der Waals surface area contributed by atoms with E-state index < -0.39 is 6.46 Å². The van der Waals surface area contributed by atoms with Gasteiger partial charge in [-0.25, -0.2) is 0 Å². The van der Waals surface area contributed by atoms with E-state index in [1.54, 1.807) is 0 Å². The maximum Gasteiger partial charge on any atom is 0.0716 e. The van der Waals surface area contributed by atoms with E-state index in [9.17, 15) is 0 Å². The van der Waals surface area contributed by atoms with E-state index in [1.165, 1.54) is 37.0 Å². The van der Waals surface area contributed by atoms with Gasteiger partial charge in [0.15, 0.2) is 0 Å². The van der Waals surface area contributed by atoms with Crippen LogP contribution < -0.4 is 0 Å². The van der Waals surface area contributed by atoms with Gasteiger partial charge in [0.05, 0.1) is 37.0 Å². The minimum Gasteiger partial charge on any atom is -0.561 e. The average molecular weight is 342 g/mol. The highest BCUT2D eigenvalue weighted by atomic mass is 32.7. The van der Waals surface area contributed by atoms with E-state index in [0.717, 1.165) is 0 Å². The Kier molecular flexibility index (Phi) is 13.7. The van der Waals surface area contributed by atoms with Gasteiger partial charge in [0.1, 0.15) is 0 Å². The average Bonchev–Trinajstić information content (AvgIpc) is 2.21. The second-order valence-electron chi connectivity index (χ2n) is 3.09. The van der Waals surface area contributed by atoms with Crippen LogP contribution in [0.4, 0.5) is 0 Å². The molecule has 0 aliphatic rings. The number of hydrogen-bond acceptors (Lipinski definition) is 4. The normalized spacial score (nSPS) is 18.0. The van der Waals surface area contributed by atoms with Crippen molar-refractivity contribution in [3.63, 3.8) is 0 Å². The molecule has 86 valence electrons. The molecule has 8 heteroatoms. The second-order valence-corrected chi connectivity index (χ2v) is 14.6. The van der Waals surface area contributed by atoms with Gasteiger partial charge in [-0.2, -0.15) is 0 Å². The Morgan fingerprint density at radius 1 is 0.714 bits per heavy atom. The monoisotopic (exact) mass is 342 g/mol. The molecule has 0 aromatic rings. The van der Waals surface area contributed by atoms with Crippen LogP contribution in [0.2, 0.25) is 0 Å². The highest BCUT2D eigenvalue weighted by Gasteiger charge is 2.22. The Morgan fingerprint density at radius 2 is 1.00 bits per heavy atom. The van der Waals surface area contributed by atoms with Gasteiger partial charge in [-0.05, 0) is 0 Å². The third-order valence-corrected chi connectivity index (χ3v) is 12.0. The van der Waals surface area contributed by atoms with Crippen LogP contribution in [0.15, 0.2) is 0 Å². The van der Waals surface area contributed by atoms with Gasteiger partial charge in [-0.15, -0.1) is 23.3 Å². The molecule has 0 radical (unpaired) electrons. The molecule has 14 heavy (non-hydrogen) atoms. The lowest BCUT2D eigenvalue weighted by Crippen LogP contribution is -2.09. The molecule has 0 aliphatic heterocycles. The molecule has 3 atom stereocenters. The Bertz CT molecular complexity index is 115. The van der Waals surface area contributed by atoms with E-state index in [-0.39, 0.29) is 23.3 Å². The first kappa shape index (κ1) is 17.1. The van der Waals surface area contributed by atoms with E-state index in [4.69, 9.17) is 49.0 Å². The fourth-order valence-corrected chi connectivity index (χ4v) is 14.5. The second kappa shape index (κ2) is 11.2. The van der Waals surface area contributed by atoms with Crippen molar-refractivity contribution in [3.8, 4) is 0 Å². The Hall–Kier alpha value is 3.12. The zero-order valence-corrected chi connectivity index (χ0v) is 15.7. The highest BCUT2D eigenvalue weighted by molar-refractivity contribution is 8.42. The Morgan fingerprint density at radius 3 is 1.21 bits per heavy atom. The molecule has 0 rings (SSSR count). The summed E-state index contributed by atoms with van der Waals surface area (Å²) in [5, 5.41) is 0. The smallest absolute Gasteiger partial charge is 0.0716 e. The minimum atomic E-state index is -1.07. The first-order valence-corrected chi connectivity index (χ1v) is 16.0. The summed E-state index contributed by atoms with van der Waals surface area (Å²) in [7, 11) is 0.662. The minimum absolute atomic E-state index is 0.221. The van der Waals surface area contributed by atoms with Gasteiger partial charge >= 0.3 is 0 Å². The van der Waals surface area contributed by atoms with Gasteiger partial charge in [0, 0.05) is 0 Å². The molecule has 0 fully saturated rings. The van der Waals surface area contributed by atoms with Crippen molar-refractivity contribution in [3.05, 3.63) is 0 Å². The van der Waals surface area contributed by atoms with Crippen LogP contribution in [0.3, 0.4) is 0 Å². The van der Waals surface area contributed by atoms with E-state index in [2.05, 4.69) is 0 Å². The Labute approximate surface area is 115 Å². The molecule has 3 unspecified atom stereocenters. The standard InChI is InChI=1S/C6H18P4S4/c11-7-1-4-10(14,5-2-8-12)6-3-9-13/h1-9H2. The van der Waals surface area contributed by atoms with Crippen molar-refractivity contribution < 1.29 is 0 Å². The van der Waals surface area contributed by atoms with Crippen LogP contribution >= 0.6 is 29.8 Å². The summed E-state index contributed by atoms with van der Waals surface area (Å²) < 4.78 is 0. The predicted molar refractivity (Wildman–Crippen MR) is 94.7 cm³/mol. The molecule has 0 aliphatic carbocycles. The summed E-state index contributed by atoms with van der Waals surface area (Å²) in [5.74, 6) is 0. The molecule has 0 nitrogen and oxygen atoms in total. The zero-order valence-electron chi connectivity index (χ0n) is 8.05. The lowest BCUT2D eigenvalue weighted by molar-refractivity contribution is 1.37. The van der Waals surface area contributed by atoms with Crippen molar-refractivity contribution in [2.45, 2.75) is 0 Å². The third kappa shape index (κ3) is 9.18. The molecule has 0 saturated carbocycles. The van der Waals surface area contributed by atoms with Crippen LogP contribution in [0, 0.1) is 0 Å². The van der Waals surface area contributed by atoms with Crippen LogP contribution in [0.1, 0.15) is 0 Å². The fraction of sp³-hybridized carbons (Fsp3) is 1.00. The molecule has 0 aromatic heterocycles. The van der Waals surface area contributed by atoms with Gasteiger partial charge in [-0.1, -0.05) is 6.46 Å². The van der Waals surface area contributed by atoms with Gasteiger partial charge < -0.3 is 49.0 Å². The quantitative estimate of drug-likeness (QED) is 0.465. The van der Waals surface area contributed by atoms with E-state index in [1.807, 2.05) is 0 Å². The molecule has 0 saturated heterocycles. The van der Waals surface area contributed by atoms with Crippen molar-refractivity contribution >= 4 is 78.8 Å². The predicted octanol–water partition coefficient (Wildman–Crippen LogP) is 2.08.